The van der Waals surface area contributed by atoms with Crippen molar-refractivity contribution in [2.75, 3.05) is 25.5 Å². The average molecular weight is 441 g/mol. The Morgan fingerprint density at radius 1 is 1.29 bits per heavy atom. The van der Waals surface area contributed by atoms with Gasteiger partial charge in [-0.25, -0.2) is 4.98 Å². The Morgan fingerprint density at radius 3 is 2.90 bits per heavy atom. The van der Waals surface area contributed by atoms with E-state index in [2.05, 4.69) is 40.0 Å². The zero-order valence-electron chi connectivity index (χ0n) is 18.1. The van der Waals surface area contributed by atoms with E-state index in [0.29, 0.717) is 28.8 Å². The zero-order valence-corrected chi connectivity index (χ0v) is 18.9. The number of piperidine rings is 1. The first-order chi connectivity index (χ1) is 15.0. The number of carbonyl (C=O) groups is 1. The maximum Gasteiger partial charge on any atom is 0.224 e. The molecule has 0 radical (unpaired) electrons. The molecule has 1 amide bonds. The highest BCUT2D eigenvalue weighted by Gasteiger charge is 2.22. The van der Waals surface area contributed by atoms with Gasteiger partial charge in [0, 0.05) is 25.7 Å². The van der Waals surface area contributed by atoms with E-state index < -0.39 is 0 Å². The molecule has 7 heteroatoms. The van der Waals surface area contributed by atoms with Crippen molar-refractivity contribution in [1.29, 1.82) is 0 Å². The Morgan fingerprint density at radius 2 is 2.13 bits per heavy atom. The molecule has 31 heavy (non-hydrogen) atoms. The van der Waals surface area contributed by atoms with Crippen molar-refractivity contribution in [3.63, 3.8) is 0 Å². The molecule has 0 saturated carbocycles. The fourth-order valence-corrected chi connectivity index (χ4v) is 4.63. The molecule has 1 unspecified atom stereocenters. The molecule has 2 heterocycles. The molecule has 1 aliphatic rings. The lowest BCUT2D eigenvalue weighted by Gasteiger charge is -2.32. The van der Waals surface area contributed by atoms with Crippen LogP contribution in [0.5, 0.6) is 5.75 Å². The molecular formula is C24H29ClN4O2. The van der Waals surface area contributed by atoms with Gasteiger partial charge < -0.3 is 14.6 Å². The molecule has 1 fully saturated rings. The number of benzene rings is 2. The lowest BCUT2D eigenvalue weighted by molar-refractivity contribution is -0.116. The number of fused-ring (bicyclic) bond motifs is 1. The summed E-state index contributed by atoms with van der Waals surface area (Å²) in [6.07, 6.45) is 3.72. The average Bonchev–Trinajstić information content (AvgIpc) is 3.08. The number of amides is 1. The second-order valence-corrected chi connectivity index (χ2v) is 8.66. The third kappa shape index (κ3) is 5.20. The van der Waals surface area contributed by atoms with E-state index in [-0.39, 0.29) is 5.91 Å². The van der Waals surface area contributed by atoms with Gasteiger partial charge in [-0.15, -0.1) is 0 Å². The highest BCUT2D eigenvalue weighted by Crippen LogP contribution is 2.28. The number of aromatic nitrogens is 2. The SMILES string of the molecule is COc1ccc(NC(=O)CCC2CCCN(Cc3nc4ccccc4n3C)C2)cc1Cl. The van der Waals surface area contributed by atoms with Crippen LogP contribution in [0, 0.1) is 5.92 Å². The third-order valence-electron chi connectivity index (χ3n) is 6.06. The summed E-state index contributed by atoms with van der Waals surface area (Å²) in [6, 6.07) is 13.5. The minimum absolute atomic E-state index is 0.0220. The maximum atomic E-state index is 12.4. The van der Waals surface area contributed by atoms with E-state index >= 15 is 0 Å². The normalized spacial score (nSPS) is 17.1. The van der Waals surface area contributed by atoms with Crippen molar-refractivity contribution in [2.24, 2.45) is 13.0 Å². The third-order valence-corrected chi connectivity index (χ3v) is 6.36. The Labute approximate surface area is 188 Å². The molecular weight excluding hydrogens is 412 g/mol. The summed E-state index contributed by atoms with van der Waals surface area (Å²) in [4.78, 5) is 19.7. The van der Waals surface area contributed by atoms with E-state index in [4.69, 9.17) is 21.3 Å². The number of hydrogen-bond acceptors (Lipinski definition) is 4. The molecule has 1 N–H and O–H groups in total. The van der Waals surface area contributed by atoms with Crippen LogP contribution in [-0.2, 0) is 18.4 Å². The Bertz CT molecular complexity index is 1060. The van der Waals surface area contributed by atoms with Crippen LogP contribution < -0.4 is 10.1 Å². The van der Waals surface area contributed by atoms with Crippen LogP contribution >= 0.6 is 11.6 Å². The van der Waals surface area contributed by atoms with Gasteiger partial charge in [0.25, 0.3) is 0 Å². The summed E-state index contributed by atoms with van der Waals surface area (Å²) in [5, 5.41) is 3.43. The number of halogens is 1. The van der Waals surface area contributed by atoms with Gasteiger partial charge in [0.05, 0.1) is 29.7 Å². The molecule has 1 aliphatic heterocycles. The molecule has 4 rings (SSSR count). The van der Waals surface area contributed by atoms with Crippen LogP contribution in [0.25, 0.3) is 11.0 Å². The topological polar surface area (TPSA) is 59.4 Å². The van der Waals surface area contributed by atoms with Crippen molar-refractivity contribution in [1.82, 2.24) is 14.5 Å². The highest BCUT2D eigenvalue weighted by molar-refractivity contribution is 6.32. The highest BCUT2D eigenvalue weighted by atomic mass is 35.5. The number of hydrogen-bond donors (Lipinski definition) is 1. The number of carbonyl (C=O) groups excluding carboxylic acids is 1. The van der Waals surface area contributed by atoms with Crippen molar-refractivity contribution >= 4 is 34.2 Å². The Hall–Kier alpha value is -2.57. The summed E-state index contributed by atoms with van der Waals surface area (Å²) in [7, 11) is 3.66. The predicted molar refractivity (Wildman–Crippen MR) is 125 cm³/mol. The Kier molecular flexibility index (Phi) is 6.78. The summed E-state index contributed by atoms with van der Waals surface area (Å²) in [5.41, 5.74) is 2.91. The van der Waals surface area contributed by atoms with Gasteiger partial charge in [-0.1, -0.05) is 23.7 Å². The lowest BCUT2D eigenvalue weighted by atomic mass is 9.93. The molecule has 0 bridgehead atoms. The molecule has 1 aromatic heterocycles. The van der Waals surface area contributed by atoms with E-state index in [1.165, 1.54) is 11.9 Å². The number of para-hydroxylation sites is 2. The second kappa shape index (κ2) is 9.71. The van der Waals surface area contributed by atoms with Crippen LogP contribution in [0.15, 0.2) is 42.5 Å². The van der Waals surface area contributed by atoms with Crippen molar-refractivity contribution < 1.29 is 9.53 Å². The minimum Gasteiger partial charge on any atom is -0.495 e. The van der Waals surface area contributed by atoms with E-state index in [0.717, 1.165) is 43.8 Å². The van der Waals surface area contributed by atoms with Gasteiger partial charge in [0.1, 0.15) is 11.6 Å². The van der Waals surface area contributed by atoms with E-state index in [1.54, 1.807) is 19.2 Å². The van der Waals surface area contributed by atoms with Gasteiger partial charge in [-0.3, -0.25) is 9.69 Å². The van der Waals surface area contributed by atoms with Crippen LogP contribution in [0.4, 0.5) is 5.69 Å². The smallest absolute Gasteiger partial charge is 0.224 e. The van der Waals surface area contributed by atoms with E-state index in [9.17, 15) is 4.79 Å². The van der Waals surface area contributed by atoms with Gasteiger partial charge in [0.2, 0.25) is 5.91 Å². The summed E-state index contributed by atoms with van der Waals surface area (Å²) < 4.78 is 7.34. The molecule has 0 aliphatic carbocycles. The number of nitrogens with zero attached hydrogens (tertiary/aromatic N) is 3. The molecule has 2 aromatic carbocycles. The number of aryl methyl sites for hydroxylation is 1. The van der Waals surface area contributed by atoms with Gasteiger partial charge in [-0.2, -0.15) is 0 Å². The first-order valence-electron chi connectivity index (χ1n) is 10.8. The van der Waals surface area contributed by atoms with Crippen molar-refractivity contribution in [3.05, 3.63) is 53.3 Å². The van der Waals surface area contributed by atoms with Gasteiger partial charge >= 0.3 is 0 Å². The second-order valence-electron chi connectivity index (χ2n) is 8.26. The van der Waals surface area contributed by atoms with E-state index in [1.807, 2.05) is 12.1 Å². The van der Waals surface area contributed by atoms with Gasteiger partial charge in [-0.05, 0) is 62.1 Å². The number of rotatable bonds is 7. The standard InChI is InChI=1S/C24H29ClN4O2/c1-28-21-8-4-3-7-20(21)27-23(28)16-29-13-5-6-17(15-29)9-12-24(30)26-18-10-11-22(31-2)19(25)14-18/h3-4,7-8,10-11,14,17H,5-6,9,12-13,15-16H2,1-2H3,(H,26,30). The summed E-state index contributed by atoms with van der Waals surface area (Å²) in [5.74, 6) is 2.24. The Balaban J connectivity index is 1.29. The number of imidazole rings is 1. The van der Waals surface area contributed by atoms with Crippen molar-refractivity contribution in [2.45, 2.75) is 32.2 Å². The maximum absolute atomic E-state index is 12.4. The summed E-state index contributed by atoms with van der Waals surface area (Å²) >= 11 is 6.14. The molecule has 1 saturated heterocycles. The van der Waals surface area contributed by atoms with Crippen molar-refractivity contribution in [3.8, 4) is 5.75 Å². The van der Waals surface area contributed by atoms with Crippen LogP contribution in [0.3, 0.4) is 0 Å². The predicted octanol–water partition coefficient (Wildman–Crippen LogP) is 4.87. The van der Waals surface area contributed by atoms with Crippen LogP contribution in [0.1, 0.15) is 31.5 Å². The zero-order chi connectivity index (χ0) is 21.8. The molecule has 3 aromatic rings. The number of anilines is 1. The number of likely N-dealkylation sites (tertiary alicyclic amines) is 1. The van der Waals surface area contributed by atoms with Gasteiger partial charge in [0.15, 0.2) is 0 Å². The first kappa shape index (κ1) is 21.7. The van der Waals surface area contributed by atoms with Crippen LogP contribution in [-0.4, -0.2) is 40.6 Å². The fourth-order valence-electron chi connectivity index (χ4n) is 4.37. The minimum atomic E-state index is 0.0220. The number of methoxy groups -OCH3 is 1. The fraction of sp³-hybridized carbons (Fsp3) is 0.417. The quantitative estimate of drug-likeness (QED) is 0.569. The summed E-state index contributed by atoms with van der Waals surface area (Å²) in [6.45, 7) is 2.93. The van der Waals surface area contributed by atoms with Crippen LogP contribution in [0.2, 0.25) is 5.02 Å². The monoisotopic (exact) mass is 440 g/mol. The molecule has 1 atom stereocenters. The largest absolute Gasteiger partial charge is 0.495 e. The first-order valence-corrected chi connectivity index (χ1v) is 11.2. The lowest BCUT2D eigenvalue weighted by Crippen LogP contribution is -2.36. The number of ether oxygens (including phenoxy) is 1. The molecule has 164 valence electrons. The molecule has 6 nitrogen and oxygen atoms in total. The molecule has 0 spiro atoms. The number of nitrogens with one attached hydrogen (secondary N) is 1.